The maximum atomic E-state index is 11.6. The van der Waals surface area contributed by atoms with Crippen LogP contribution >= 0.6 is 11.3 Å². The molecule has 2 aromatic rings. The first-order valence-electron chi connectivity index (χ1n) is 6.89. The number of carbonyl (C=O) groups is 1. The lowest BCUT2D eigenvalue weighted by Crippen LogP contribution is -2.16. The van der Waals surface area contributed by atoms with Crippen molar-refractivity contribution in [1.82, 2.24) is 4.57 Å². The molecule has 0 aliphatic carbocycles. The fourth-order valence-corrected chi connectivity index (χ4v) is 3.19. The van der Waals surface area contributed by atoms with Crippen molar-refractivity contribution in [3.63, 3.8) is 0 Å². The Morgan fingerprint density at radius 2 is 2.11 bits per heavy atom. The molecule has 1 aromatic heterocycles. The fraction of sp³-hybridized carbons (Fsp3) is 0.467. The van der Waals surface area contributed by atoms with E-state index in [0.717, 1.165) is 24.2 Å². The van der Waals surface area contributed by atoms with Gasteiger partial charge in [-0.1, -0.05) is 38.2 Å². The molecule has 3 nitrogen and oxygen atoms in total. The van der Waals surface area contributed by atoms with Crippen LogP contribution in [0.1, 0.15) is 39.2 Å². The molecule has 1 aromatic carbocycles. The number of carbonyl (C=O) groups excluding carboxylic acids is 1. The van der Waals surface area contributed by atoms with Crippen LogP contribution in [0, 0.1) is 0 Å². The first kappa shape index (κ1) is 14.0. The van der Waals surface area contributed by atoms with Crippen molar-refractivity contribution in [1.29, 1.82) is 0 Å². The summed E-state index contributed by atoms with van der Waals surface area (Å²) in [4.78, 5) is 16.6. The number of amides is 1. The summed E-state index contributed by atoms with van der Waals surface area (Å²) >= 11 is 1.61. The van der Waals surface area contributed by atoms with E-state index in [1.165, 1.54) is 15.8 Å². The van der Waals surface area contributed by atoms with Crippen LogP contribution in [0.4, 0.5) is 0 Å². The van der Waals surface area contributed by atoms with Crippen molar-refractivity contribution in [3.8, 4) is 0 Å². The van der Waals surface area contributed by atoms with E-state index in [1.54, 1.807) is 11.3 Å². The highest BCUT2D eigenvalue weighted by atomic mass is 32.1. The number of aromatic nitrogens is 1. The Bertz CT molecular complexity index is 652. The summed E-state index contributed by atoms with van der Waals surface area (Å²) in [5.74, 6) is -0.0490. The van der Waals surface area contributed by atoms with E-state index in [4.69, 9.17) is 0 Å². The molecule has 0 atom stereocenters. The number of hydrogen-bond acceptors (Lipinski definition) is 2. The summed E-state index contributed by atoms with van der Waals surface area (Å²) in [6, 6.07) is 6.52. The van der Waals surface area contributed by atoms with Gasteiger partial charge in [-0.2, -0.15) is 4.99 Å². The molecule has 0 aliphatic heterocycles. The summed E-state index contributed by atoms with van der Waals surface area (Å²) in [6.07, 6.45) is 2.53. The van der Waals surface area contributed by atoms with E-state index in [-0.39, 0.29) is 5.91 Å². The van der Waals surface area contributed by atoms with Crippen molar-refractivity contribution >= 4 is 27.5 Å². The number of thiazole rings is 1. The highest BCUT2D eigenvalue weighted by molar-refractivity contribution is 7.16. The number of fused-ring (bicyclic) bond motifs is 1. The zero-order valence-electron chi connectivity index (χ0n) is 11.8. The van der Waals surface area contributed by atoms with E-state index >= 15 is 0 Å². The minimum Gasteiger partial charge on any atom is -0.316 e. The van der Waals surface area contributed by atoms with Gasteiger partial charge in [0.05, 0.1) is 10.2 Å². The Morgan fingerprint density at radius 1 is 1.32 bits per heavy atom. The molecule has 0 aliphatic rings. The van der Waals surface area contributed by atoms with Crippen LogP contribution < -0.4 is 4.80 Å². The maximum absolute atomic E-state index is 11.6. The molecule has 4 heteroatoms. The van der Waals surface area contributed by atoms with Crippen molar-refractivity contribution in [3.05, 3.63) is 28.6 Å². The molecule has 102 valence electrons. The van der Waals surface area contributed by atoms with E-state index < -0.39 is 0 Å². The van der Waals surface area contributed by atoms with Gasteiger partial charge in [-0.05, 0) is 30.5 Å². The largest absolute Gasteiger partial charge is 0.316 e. The molecular formula is C15H20N2OS. The van der Waals surface area contributed by atoms with E-state index in [0.29, 0.717) is 6.42 Å². The molecule has 1 heterocycles. The van der Waals surface area contributed by atoms with Crippen LogP contribution in [0.3, 0.4) is 0 Å². The average molecular weight is 276 g/mol. The van der Waals surface area contributed by atoms with Crippen LogP contribution in [0.15, 0.2) is 23.2 Å². The Hall–Kier alpha value is -1.42. The third kappa shape index (κ3) is 2.95. The number of hydrogen-bond donors (Lipinski definition) is 0. The first-order valence-corrected chi connectivity index (χ1v) is 7.71. The van der Waals surface area contributed by atoms with Gasteiger partial charge in [0.2, 0.25) is 5.91 Å². The molecule has 0 radical (unpaired) electrons. The van der Waals surface area contributed by atoms with Gasteiger partial charge in [0.1, 0.15) is 0 Å². The van der Waals surface area contributed by atoms with Crippen LogP contribution in [0.25, 0.3) is 10.2 Å². The Labute approximate surface area is 117 Å². The van der Waals surface area contributed by atoms with Crippen molar-refractivity contribution in [2.45, 2.75) is 46.6 Å². The van der Waals surface area contributed by atoms with Crippen LogP contribution in [0.5, 0.6) is 0 Å². The van der Waals surface area contributed by atoms with Gasteiger partial charge in [-0.15, -0.1) is 0 Å². The number of benzene rings is 1. The molecule has 1 amide bonds. The van der Waals surface area contributed by atoms with Gasteiger partial charge in [-0.25, -0.2) is 0 Å². The zero-order valence-corrected chi connectivity index (χ0v) is 12.6. The van der Waals surface area contributed by atoms with Gasteiger partial charge in [0.15, 0.2) is 4.80 Å². The second-order valence-corrected chi connectivity index (χ2v) is 5.56. The van der Waals surface area contributed by atoms with Crippen molar-refractivity contribution in [2.75, 3.05) is 0 Å². The zero-order chi connectivity index (χ0) is 13.8. The average Bonchev–Trinajstić information content (AvgIpc) is 2.76. The van der Waals surface area contributed by atoms with Gasteiger partial charge >= 0.3 is 0 Å². The molecule has 0 spiro atoms. The lowest BCUT2D eigenvalue weighted by Gasteiger charge is -2.03. The lowest BCUT2D eigenvalue weighted by molar-refractivity contribution is -0.117. The van der Waals surface area contributed by atoms with Gasteiger partial charge in [-0.3, -0.25) is 4.79 Å². The fourth-order valence-electron chi connectivity index (χ4n) is 2.05. The summed E-state index contributed by atoms with van der Waals surface area (Å²) in [6.45, 7) is 7.04. The molecule has 19 heavy (non-hydrogen) atoms. The van der Waals surface area contributed by atoms with Crippen molar-refractivity contribution in [2.24, 2.45) is 4.99 Å². The Balaban J connectivity index is 2.65. The van der Waals surface area contributed by atoms with Crippen molar-refractivity contribution < 1.29 is 4.79 Å². The summed E-state index contributed by atoms with van der Waals surface area (Å²) < 4.78 is 3.38. The molecule has 0 N–H and O–H groups in total. The lowest BCUT2D eigenvalue weighted by atomic mass is 10.2. The third-order valence-electron chi connectivity index (χ3n) is 3.13. The minimum atomic E-state index is -0.0490. The molecule has 2 rings (SSSR count). The Kier molecular flexibility index (Phi) is 4.53. The molecule has 0 fully saturated rings. The number of aryl methyl sites for hydroxylation is 2. The second-order valence-electron chi connectivity index (χ2n) is 4.55. The third-order valence-corrected chi connectivity index (χ3v) is 4.17. The highest BCUT2D eigenvalue weighted by Gasteiger charge is 2.07. The van der Waals surface area contributed by atoms with E-state index in [2.05, 4.69) is 41.6 Å². The molecule has 0 saturated heterocycles. The SMILES string of the molecule is CCCn1c(=NC(=O)CC)sc2cc(CC)ccc21. The first-order chi connectivity index (χ1) is 9.19. The second kappa shape index (κ2) is 6.15. The van der Waals surface area contributed by atoms with Gasteiger partial charge in [0.25, 0.3) is 0 Å². The molecular weight excluding hydrogens is 256 g/mol. The highest BCUT2D eigenvalue weighted by Crippen LogP contribution is 2.20. The predicted molar refractivity (Wildman–Crippen MR) is 80.3 cm³/mol. The normalized spacial score (nSPS) is 12.3. The van der Waals surface area contributed by atoms with Gasteiger partial charge < -0.3 is 4.57 Å². The number of rotatable bonds is 4. The topological polar surface area (TPSA) is 34.4 Å². The van der Waals surface area contributed by atoms with E-state index in [9.17, 15) is 4.79 Å². The minimum absolute atomic E-state index is 0.0490. The summed E-state index contributed by atoms with van der Waals surface area (Å²) in [5.41, 5.74) is 2.51. The standard InChI is InChI=1S/C15H20N2OS/c1-4-9-17-12-8-7-11(5-2)10-13(12)19-15(17)16-14(18)6-3/h7-8,10H,4-6,9H2,1-3H3. The van der Waals surface area contributed by atoms with Crippen LogP contribution in [-0.2, 0) is 17.8 Å². The predicted octanol–water partition coefficient (Wildman–Crippen LogP) is 3.51. The molecule has 0 saturated carbocycles. The Morgan fingerprint density at radius 3 is 2.74 bits per heavy atom. The molecule has 0 bridgehead atoms. The quantitative estimate of drug-likeness (QED) is 0.841. The summed E-state index contributed by atoms with van der Waals surface area (Å²) in [5, 5.41) is 0. The maximum Gasteiger partial charge on any atom is 0.248 e. The number of nitrogens with zero attached hydrogens (tertiary/aromatic N) is 2. The monoisotopic (exact) mass is 276 g/mol. The summed E-state index contributed by atoms with van der Waals surface area (Å²) in [7, 11) is 0. The van der Waals surface area contributed by atoms with Gasteiger partial charge in [0, 0.05) is 13.0 Å². The van der Waals surface area contributed by atoms with E-state index in [1.807, 2.05) is 6.92 Å². The smallest absolute Gasteiger partial charge is 0.248 e. The van der Waals surface area contributed by atoms with Crippen LogP contribution in [-0.4, -0.2) is 10.5 Å². The molecule has 0 unspecified atom stereocenters. The van der Waals surface area contributed by atoms with Crippen LogP contribution in [0.2, 0.25) is 0 Å².